The van der Waals surface area contributed by atoms with Crippen molar-refractivity contribution in [1.82, 2.24) is 0 Å². The maximum Gasteiger partial charge on any atom is 0.251 e. The van der Waals surface area contributed by atoms with Crippen molar-refractivity contribution < 1.29 is 9.47 Å². The van der Waals surface area contributed by atoms with Crippen LogP contribution < -0.4 is 0 Å². The van der Waals surface area contributed by atoms with Crippen LogP contribution in [0.5, 0.6) is 0 Å². The zero-order chi connectivity index (χ0) is 17.7. The summed E-state index contributed by atoms with van der Waals surface area (Å²) in [6, 6.07) is 20.1. The minimum absolute atomic E-state index is 0.537. The third-order valence-electron chi connectivity index (χ3n) is 4.77. The van der Waals surface area contributed by atoms with Crippen LogP contribution in [0.2, 0.25) is 0 Å². The normalized spacial score (nSPS) is 20.6. The molecule has 2 aliphatic rings. The molecule has 4 rings (SSSR count). The molecule has 1 aliphatic carbocycles. The van der Waals surface area contributed by atoms with Crippen molar-refractivity contribution in [2.45, 2.75) is 37.9 Å². The molecular formula is C23H23NO2. The van der Waals surface area contributed by atoms with E-state index in [1.807, 2.05) is 60.7 Å². The second-order valence-electron chi connectivity index (χ2n) is 6.73. The van der Waals surface area contributed by atoms with Crippen molar-refractivity contribution in [1.29, 1.82) is 0 Å². The van der Waals surface area contributed by atoms with Crippen LogP contribution in [-0.4, -0.2) is 12.0 Å². The van der Waals surface area contributed by atoms with Gasteiger partial charge in [0.25, 0.3) is 5.79 Å². The second-order valence-corrected chi connectivity index (χ2v) is 6.73. The highest BCUT2D eigenvalue weighted by Gasteiger charge is 2.40. The van der Waals surface area contributed by atoms with E-state index in [-0.39, 0.29) is 0 Å². The van der Waals surface area contributed by atoms with E-state index < -0.39 is 5.79 Å². The topological polar surface area (TPSA) is 30.8 Å². The van der Waals surface area contributed by atoms with Crippen LogP contribution >= 0.6 is 0 Å². The van der Waals surface area contributed by atoms with E-state index in [0.29, 0.717) is 0 Å². The van der Waals surface area contributed by atoms with Crippen LogP contribution in [0.4, 0.5) is 5.69 Å². The lowest BCUT2D eigenvalue weighted by molar-refractivity contribution is -0.196. The monoisotopic (exact) mass is 345 g/mol. The van der Waals surface area contributed by atoms with E-state index in [1.54, 1.807) is 6.21 Å². The number of aliphatic imine (C=N–C) groups is 1. The summed E-state index contributed by atoms with van der Waals surface area (Å²) in [4.78, 5) is 4.48. The fraction of sp³-hybridized carbons (Fsp3) is 0.261. The van der Waals surface area contributed by atoms with Crippen molar-refractivity contribution in [3.63, 3.8) is 0 Å². The molecule has 132 valence electrons. The Bertz CT molecular complexity index is 816. The Labute approximate surface area is 154 Å². The Hall–Kier alpha value is -2.81. The van der Waals surface area contributed by atoms with Crippen LogP contribution in [0.15, 0.2) is 83.6 Å². The first-order chi connectivity index (χ1) is 12.8. The van der Waals surface area contributed by atoms with E-state index in [9.17, 15) is 0 Å². The Balaban J connectivity index is 1.63. The van der Waals surface area contributed by atoms with E-state index in [0.717, 1.165) is 48.5 Å². The number of hydrogen-bond acceptors (Lipinski definition) is 3. The average Bonchev–Trinajstić information content (AvgIpc) is 2.70. The maximum atomic E-state index is 6.35. The first-order valence-electron chi connectivity index (χ1n) is 9.28. The number of nitrogens with zero attached hydrogens (tertiary/aromatic N) is 1. The molecule has 0 radical (unpaired) electrons. The molecule has 0 saturated heterocycles. The third kappa shape index (κ3) is 3.88. The minimum atomic E-state index is -0.537. The summed E-state index contributed by atoms with van der Waals surface area (Å²) in [5.74, 6) is 1.14. The Morgan fingerprint density at radius 2 is 1.50 bits per heavy atom. The Kier molecular flexibility index (Phi) is 4.87. The molecule has 0 amide bonds. The van der Waals surface area contributed by atoms with Crippen LogP contribution in [0, 0.1) is 0 Å². The van der Waals surface area contributed by atoms with Crippen LogP contribution in [-0.2, 0) is 9.47 Å². The molecule has 0 bridgehead atoms. The van der Waals surface area contributed by atoms with Gasteiger partial charge in [-0.2, -0.15) is 0 Å². The molecule has 0 unspecified atom stereocenters. The quantitative estimate of drug-likeness (QED) is 0.637. The van der Waals surface area contributed by atoms with Gasteiger partial charge >= 0.3 is 0 Å². The molecule has 2 aromatic rings. The summed E-state index contributed by atoms with van der Waals surface area (Å²) in [6.45, 7) is 0. The first kappa shape index (κ1) is 16.6. The van der Waals surface area contributed by atoms with Crippen molar-refractivity contribution >= 4 is 17.7 Å². The third-order valence-corrected chi connectivity index (χ3v) is 4.77. The van der Waals surface area contributed by atoms with Gasteiger partial charge in [-0.05, 0) is 31.1 Å². The lowest BCUT2D eigenvalue weighted by Gasteiger charge is -2.41. The molecule has 0 atom stereocenters. The van der Waals surface area contributed by atoms with Gasteiger partial charge in [0.2, 0.25) is 0 Å². The van der Waals surface area contributed by atoms with Crippen molar-refractivity contribution in [3.8, 4) is 0 Å². The predicted molar refractivity (Wildman–Crippen MR) is 105 cm³/mol. The van der Waals surface area contributed by atoms with E-state index in [2.05, 4.69) is 17.1 Å². The number of benzene rings is 2. The van der Waals surface area contributed by atoms with Gasteiger partial charge in [-0.15, -0.1) is 0 Å². The smallest absolute Gasteiger partial charge is 0.251 e. The van der Waals surface area contributed by atoms with E-state index in [1.165, 1.54) is 6.42 Å². The highest BCUT2D eigenvalue weighted by atomic mass is 16.7. The zero-order valence-electron chi connectivity index (χ0n) is 14.8. The lowest BCUT2D eigenvalue weighted by Crippen LogP contribution is -2.39. The van der Waals surface area contributed by atoms with Gasteiger partial charge < -0.3 is 9.47 Å². The molecule has 1 spiro atoms. The van der Waals surface area contributed by atoms with Crippen LogP contribution in [0.1, 0.15) is 37.7 Å². The molecule has 3 heteroatoms. The van der Waals surface area contributed by atoms with Gasteiger partial charge in [0.05, 0.1) is 5.69 Å². The SMILES string of the molecule is C(/C=C1/C=C(c2ccccc2)OC2(CCCCC2)O1)=Nc1ccccc1. The minimum Gasteiger partial charge on any atom is -0.452 e. The predicted octanol–water partition coefficient (Wildman–Crippen LogP) is 6.02. The van der Waals surface area contributed by atoms with E-state index >= 15 is 0 Å². The second kappa shape index (κ2) is 7.61. The van der Waals surface area contributed by atoms with Crippen molar-refractivity contribution in [2.75, 3.05) is 0 Å². The van der Waals surface area contributed by atoms with Gasteiger partial charge in [0.1, 0.15) is 11.5 Å². The molecule has 0 N–H and O–H groups in total. The van der Waals surface area contributed by atoms with E-state index in [4.69, 9.17) is 9.47 Å². The summed E-state index contributed by atoms with van der Waals surface area (Å²) in [5.41, 5.74) is 2.00. The van der Waals surface area contributed by atoms with Gasteiger partial charge in [-0.25, -0.2) is 0 Å². The summed E-state index contributed by atoms with van der Waals surface area (Å²) in [5, 5.41) is 0. The van der Waals surface area contributed by atoms with Crippen molar-refractivity contribution in [3.05, 3.63) is 84.1 Å². The standard InChI is InChI=1S/C23H23NO2/c1-4-10-19(11-5-1)22-18-21(14-17-24-20-12-6-2-7-13-20)25-23(26-22)15-8-3-9-16-23/h1-2,4-7,10-14,17-18H,3,8-9,15-16H2/b21-14-,24-17?. The summed E-state index contributed by atoms with van der Waals surface area (Å²) < 4.78 is 12.6. The van der Waals surface area contributed by atoms with Crippen LogP contribution in [0.3, 0.4) is 0 Å². The Morgan fingerprint density at radius 3 is 2.23 bits per heavy atom. The zero-order valence-corrected chi connectivity index (χ0v) is 14.8. The molecule has 26 heavy (non-hydrogen) atoms. The molecule has 1 saturated carbocycles. The molecule has 1 fully saturated rings. The highest BCUT2D eigenvalue weighted by molar-refractivity contribution is 5.77. The number of rotatable bonds is 3. The number of hydrogen-bond donors (Lipinski definition) is 0. The molecule has 1 aliphatic heterocycles. The summed E-state index contributed by atoms with van der Waals surface area (Å²) >= 11 is 0. The molecular weight excluding hydrogens is 322 g/mol. The number of allylic oxidation sites excluding steroid dienone is 2. The van der Waals surface area contributed by atoms with Crippen molar-refractivity contribution in [2.24, 2.45) is 4.99 Å². The van der Waals surface area contributed by atoms with Gasteiger partial charge in [-0.3, -0.25) is 4.99 Å². The van der Waals surface area contributed by atoms with Gasteiger partial charge in [0, 0.05) is 30.7 Å². The van der Waals surface area contributed by atoms with Crippen LogP contribution in [0.25, 0.3) is 5.76 Å². The fourth-order valence-corrected chi connectivity index (χ4v) is 3.46. The first-order valence-corrected chi connectivity index (χ1v) is 9.28. The fourth-order valence-electron chi connectivity index (χ4n) is 3.46. The van der Waals surface area contributed by atoms with Gasteiger partial charge in [-0.1, -0.05) is 55.0 Å². The summed E-state index contributed by atoms with van der Waals surface area (Å²) in [6.07, 6.45) is 11.0. The molecule has 2 aromatic carbocycles. The maximum absolute atomic E-state index is 6.35. The molecule has 1 heterocycles. The Morgan fingerprint density at radius 1 is 0.808 bits per heavy atom. The number of ether oxygens (including phenoxy) is 2. The van der Waals surface area contributed by atoms with Gasteiger partial charge in [0.15, 0.2) is 0 Å². The largest absolute Gasteiger partial charge is 0.452 e. The summed E-state index contributed by atoms with van der Waals surface area (Å²) in [7, 11) is 0. The molecule has 3 nitrogen and oxygen atoms in total. The average molecular weight is 345 g/mol. The lowest BCUT2D eigenvalue weighted by atomic mass is 9.93. The molecule has 0 aromatic heterocycles. The highest BCUT2D eigenvalue weighted by Crippen LogP contribution is 2.41. The number of para-hydroxylation sites is 1.